The van der Waals surface area contributed by atoms with Gasteiger partial charge in [0, 0.05) is 11.1 Å². The first-order valence-corrected chi connectivity index (χ1v) is 5.52. The summed E-state index contributed by atoms with van der Waals surface area (Å²) in [6.07, 6.45) is 1.16. The molecule has 0 bridgehead atoms. The minimum atomic E-state index is 0.408. The van der Waals surface area contributed by atoms with Crippen LogP contribution in [-0.4, -0.2) is 6.54 Å². The molecule has 0 saturated carbocycles. The van der Waals surface area contributed by atoms with Crippen LogP contribution in [0, 0.1) is 6.92 Å². The molecule has 0 heterocycles. The highest BCUT2D eigenvalue weighted by Gasteiger charge is 2.04. The third-order valence-electron chi connectivity index (χ3n) is 2.38. The number of hydrogen-bond acceptors (Lipinski definition) is 1. The summed E-state index contributed by atoms with van der Waals surface area (Å²) >= 11 is 5.97. The maximum absolute atomic E-state index is 5.97. The van der Waals surface area contributed by atoms with E-state index in [9.17, 15) is 0 Å². The van der Waals surface area contributed by atoms with E-state index in [4.69, 9.17) is 11.6 Å². The van der Waals surface area contributed by atoms with Gasteiger partial charge >= 0.3 is 0 Å². The highest BCUT2D eigenvalue weighted by Crippen LogP contribution is 2.20. The molecule has 1 nitrogen and oxygen atoms in total. The van der Waals surface area contributed by atoms with Crippen LogP contribution in [0.15, 0.2) is 18.2 Å². The van der Waals surface area contributed by atoms with Crippen LogP contribution in [0.3, 0.4) is 0 Å². The Morgan fingerprint density at radius 3 is 2.71 bits per heavy atom. The first-order chi connectivity index (χ1) is 6.65. The second kappa shape index (κ2) is 5.38. The molecule has 1 atom stereocenters. The van der Waals surface area contributed by atoms with Crippen molar-refractivity contribution in [1.82, 2.24) is 5.32 Å². The van der Waals surface area contributed by atoms with E-state index in [2.05, 4.69) is 31.3 Å². The Labute approximate surface area is 91.5 Å². The Balaban J connectivity index is 2.70. The summed E-state index contributed by atoms with van der Waals surface area (Å²) in [5, 5.41) is 4.30. The van der Waals surface area contributed by atoms with Crippen LogP contribution >= 0.6 is 11.6 Å². The van der Waals surface area contributed by atoms with E-state index in [1.165, 1.54) is 5.56 Å². The quantitative estimate of drug-likeness (QED) is 0.801. The highest BCUT2D eigenvalue weighted by molar-refractivity contribution is 6.31. The lowest BCUT2D eigenvalue weighted by Crippen LogP contribution is -2.19. The molecule has 0 radical (unpaired) electrons. The number of benzene rings is 1. The SMILES string of the molecule is CCCNC(C)c1ccc(Cl)c(C)c1. The number of rotatable bonds is 4. The van der Waals surface area contributed by atoms with E-state index < -0.39 is 0 Å². The molecular weight excluding hydrogens is 194 g/mol. The Morgan fingerprint density at radius 2 is 2.14 bits per heavy atom. The number of aryl methyl sites for hydroxylation is 1. The molecule has 1 unspecified atom stereocenters. The zero-order valence-corrected chi connectivity index (χ0v) is 9.86. The van der Waals surface area contributed by atoms with E-state index in [-0.39, 0.29) is 0 Å². The van der Waals surface area contributed by atoms with Crippen LogP contribution in [0.1, 0.15) is 37.4 Å². The Hall–Kier alpha value is -0.530. The van der Waals surface area contributed by atoms with E-state index in [1.54, 1.807) is 0 Å². The minimum Gasteiger partial charge on any atom is -0.310 e. The molecule has 2 heteroatoms. The second-order valence-corrected chi connectivity index (χ2v) is 4.09. The first kappa shape index (κ1) is 11.5. The van der Waals surface area contributed by atoms with E-state index in [0.29, 0.717) is 6.04 Å². The predicted molar refractivity (Wildman–Crippen MR) is 62.9 cm³/mol. The van der Waals surface area contributed by atoms with Gasteiger partial charge in [0.15, 0.2) is 0 Å². The van der Waals surface area contributed by atoms with Crippen LogP contribution in [0.4, 0.5) is 0 Å². The molecule has 78 valence electrons. The standard InChI is InChI=1S/C12H18ClN/c1-4-7-14-10(3)11-5-6-12(13)9(2)8-11/h5-6,8,10,14H,4,7H2,1-3H3. The topological polar surface area (TPSA) is 12.0 Å². The molecule has 0 aliphatic heterocycles. The molecule has 0 aromatic heterocycles. The fourth-order valence-corrected chi connectivity index (χ4v) is 1.53. The molecule has 1 N–H and O–H groups in total. The van der Waals surface area contributed by atoms with Crippen molar-refractivity contribution in [1.29, 1.82) is 0 Å². The molecule has 0 amide bonds. The second-order valence-electron chi connectivity index (χ2n) is 3.68. The van der Waals surface area contributed by atoms with Crippen molar-refractivity contribution in [2.45, 2.75) is 33.2 Å². The fourth-order valence-electron chi connectivity index (χ4n) is 1.42. The van der Waals surface area contributed by atoms with Gasteiger partial charge in [-0.25, -0.2) is 0 Å². The van der Waals surface area contributed by atoms with E-state index in [1.807, 2.05) is 13.0 Å². The summed E-state index contributed by atoms with van der Waals surface area (Å²) in [7, 11) is 0. The van der Waals surface area contributed by atoms with Crippen molar-refractivity contribution in [2.75, 3.05) is 6.54 Å². The fraction of sp³-hybridized carbons (Fsp3) is 0.500. The highest BCUT2D eigenvalue weighted by atomic mass is 35.5. The molecule has 14 heavy (non-hydrogen) atoms. The summed E-state index contributed by atoms with van der Waals surface area (Å²) < 4.78 is 0. The molecule has 0 saturated heterocycles. The maximum Gasteiger partial charge on any atom is 0.0435 e. The van der Waals surface area contributed by atoms with Gasteiger partial charge in [0.2, 0.25) is 0 Å². The number of nitrogens with one attached hydrogen (secondary N) is 1. The van der Waals surface area contributed by atoms with Gasteiger partial charge in [0.1, 0.15) is 0 Å². The van der Waals surface area contributed by atoms with E-state index in [0.717, 1.165) is 23.6 Å². The molecular formula is C12H18ClN. The molecule has 1 aromatic rings. The van der Waals surface area contributed by atoms with Crippen LogP contribution in [0.2, 0.25) is 5.02 Å². The van der Waals surface area contributed by atoms with Gasteiger partial charge in [-0.3, -0.25) is 0 Å². The van der Waals surface area contributed by atoms with Gasteiger partial charge in [0.05, 0.1) is 0 Å². The zero-order chi connectivity index (χ0) is 10.6. The van der Waals surface area contributed by atoms with Crippen molar-refractivity contribution >= 4 is 11.6 Å². The summed E-state index contributed by atoms with van der Waals surface area (Å²) in [6.45, 7) is 7.45. The van der Waals surface area contributed by atoms with Gasteiger partial charge in [-0.05, 0) is 44.0 Å². The van der Waals surface area contributed by atoms with Crippen molar-refractivity contribution in [3.63, 3.8) is 0 Å². The smallest absolute Gasteiger partial charge is 0.0435 e. The average Bonchev–Trinajstić information content (AvgIpc) is 2.18. The lowest BCUT2D eigenvalue weighted by atomic mass is 10.1. The van der Waals surface area contributed by atoms with Crippen molar-refractivity contribution in [3.8, 4) is 0 Å². The third-order valence-corrected chi connectivity index (χ3v) is 2.81. The predicted octanol–water partition coefficient (Wildman–Crippen LogP) is 3.71. The Morgan fingerprint density at radius 1 is 1.43 bits per heavy atom. The van der Waals surface area contributed by atoms with Gasteiger partial charge in [-0.15, -0.1) is 0 Å². The van der Waals surface area contributed by atoms with Crippen LogP contribution in [0.25, 0.3) is 0 Å². The Kier molecular flexibility index (Phi) is 4.43. The van der Waals surface area contributed by atoms with Crippen LogP contribution in [0.5, 0.6) is 0 Å². The largest absolute Gasteiger partial charge is 0.310 e. The third kappa shape index (κ3) is 3.00. The maximum atomic E-state index is 5.97. The van der Waals surface area contributed by atoms with Gasteiger partial charge in [-0.1, -0.05) is 30.7 Å². The lowest BCUT2D eigenvalue weighted by molar-refractivity contribution is 0.570. The van der Waals surface area contributed by atoms with Crippen molar-refractivity contribution in [2.24, 2.45) is 0 Å². The number of hydrogen-bond donors (Lipinski definition) is 1. The first-order valence-electron chi connectivity index (χ1n) is 5.14. The summed E-state index contributed by atoms with van der Waals surface area (Å²) in [5.41, 5.74) is 2.45. The normalized spacial score (nSPS) is 12.9. The monoisotopic (exact) mass is 211 g/mol. The summed E-state index contributed by atoms with van der Waals surface area (Å²) in [5.74, 6) is 0. The molecule has 0 spiro atoms. The molecule has 0 aliphatic carbocycles. The van der Waals surface area contributed by atoms with Gasteiger partial charge < -0.3 is 5.32 Å². The number of halogens is 1. The van der Waals surface area contributed by atoms with Crippen molar-refractivity contribution < 1.29 is 0 Å². The van der Waals surface area contributed by atoms with Gasteiger partial charge in [0.25, 0.3) is 0 Å². The molecule has 0 fully saturated rings. The zero-order valence-electron chi connectivity index (χ0n) is 9.10. The van der Waals surface area contributed by atoms with Crippen LogP contribution in [-0.2, 0) is 0 Å². The lowest BCUT2D eigenvalue weighted by Gasteiger charge is -2.14. The Bertz CT molecular complexity index is 296. The van der Waals surface area contributed by atoms with Crippen molar-refractivity contribution in [3.05, 3.63) is 34.3 Å². The minimum absolute atomic E-state index is 0.408. The summed E-state index contributed by atoms with van der Waals surface area (Å²) in [4.78, 5) is 0. The summed E-state index contributed by atoms with van der Waals surface area (Å²) in [6, 6.07) is 6.61. The van der Waals surface area contributed by atoms with E-state index >= 15 is 0 Å². The molecule has 1 aromatic carbocycles. The average molecular weight is 212 g/mol. The molecule has 0 aliphatic rings. The van der Waals surface area contributed by atoms with Crippen LogP contribution < -0.4 is 5.32 Å². The van der Waals surface area contributed by atoms with Gasteiger partial charge in [-0.2, -0.15) is 0 Å². The molecule has 1 rings (SSSR count).